The highest BCUT2D eigenvalue weighted by Crippen LogP contribution is 2.57. The molecule has 6 heterocycles. The summed E-state index contributed by atoms with van der Waals surface area (Å²) in [4.78, 5) is 13.8. The van der Waals surface area contributed by atoms with Gasteiger partial charge in [-0.15, -0.1) is 0 Å². The van der Waals surface area contributed by atoms with Gasteiger partial charge >= 0.3 is 0 Å². The van der Waals surface area contributed by atoms with Crippen molar-refractivity contribution in [2.75, 3.05) is 24.5 Å². The standard InChI is InChI=1S/C104H87B2N5/c1-6-71(73-36-14-7-15-37-73)59-85(75-40-18-9-19-41-75)102(68(2)72-34-28-29-35-72)111-95-67-94-90(66-91(95)105-88-50-30-32-52-92(88)108(80-46-24-12-25-47-80)98-64-84(65-99(111)101(98)105)107-82-55-69-54-70(57-82)58-83(107)56-69)106-89-51-31-33-53-93(89)110(97-63-79(104(3,4)5)62-96(100(97)106)109(94)81-48-26-13-27-49-81)103-86(76-42-20-10-21-43-76)60-78(74-38-16-8-17-39-74)61-87(103)77-44-22-11-23-45-77/h6-34,36-53,59-70,82-83H,1,35,54-58H2,2-5H3/b71-59+,102-85-/t68-,69?,70?,82?,83?/m1/s1. The first-order chi connectivity index (χ1) is 54.6. The first-order valence-electron chi connectivity index (χ1n) is 40.3. The molecule has 0 unspecified atom stereocenters. The number of hydrogen-bond donors (Lipinski definition) is 0. The fraction of sp³-hybridized carbons (Fsp3) is 0.154. The van der Waals surface area contributed by atoms with Crippen LogP contribution in [-0.4, -0.2) is 25.5 Å². The average molecular weight is 1430 g/mol. The molecule has 2 saturated heterocycles. The van der Waals surface area contributed by atoms with Crippen LogP contribution in [0.3, 0.4) is 0 Å². The van der Waals surface area contributed by atoms with Crippen molar-refractivity contribution in [3.8, 4) is 33.4 Å². The number of hydrogen-bond acceptors (Lipinski definition) is 5. The van der Waals surface area contributed by atoms with Crippen molar-refractivity contribution in [1.82, 2.24) is 0 Å². The van der Waals surface area contributed by atoms with Gasteiger partial charge in [0, 0.05) is 103 Å². The molecular formula is C104H87B2N5. The molecule has 9 aliphatic rings. The number of rotatable bonds is 14. The van der Waals surface area contributed by atoms with Gasteiger partial charge in [0.05, 0.1) is 5.69 Å². The van der Waals surface area contributed by atoms with Crippen molar-refractivity contribution in [1.29, 1.82) is 0 Å². The van der Waals surface area contributed by atoms with E-state index < -0.39 is 0 Å². The number of anilines is 12. The van der Waals surface area contributed by atoms with Crippen LogP contribution in [0.4, 0.5) is 68.2 Å². The Bertz CT molecular complexity index is 5890. The van der Waals surface area contributed by atoms with E-state index in [1.165, 1.54) is 155 Å². The largest absolute Gasteiger partial charge is 0.365 e. The summed E-state index contributed by atoms with van der Waals surface area (Å²) in [5, 5.41) is 0. The van der Waals surface area contributed by atoms with E-state index in [0.29, 0.717) is 12.1 Å². The maximum Gasteiger partial charge on any atom is 0.252 e. The summed E-state index contributed by atoms with van der Waals surface area (Å²) < 4.78 is 0. The molecule has 1 atom stereocenters. The van der Waals surface area contributed by atoms with E-state index in [0.717, 1.165) is 68.7 Å². The lowest BCUT2D eigenvalue weighted by Gasteiger charge is -2.58. The fourth-order valence-corrected chi connectivity index (χ4v) is 20.9. The van der Waals surface area contributed by atoms with Crippen molar-refractivity contribution in [2.45, 2.75) is 83.7 Å². The molecule has 2 saturated carbocycles. The van der Waals surface area contributed by atoms with Gasteiger partial charge in [-0.25, -0.2) is 0 Å². The van der Waals surface area contributed by atoms with Crippen LogP contribution in [0.5, 0.6) is 0 Å². The lowest BCUT2D eigenvalue weighted by Crippen LogP contribution is -2.65. The molecule has 0 spiro atoms. The summed E-state index contributed by atoms with van der Waals surface area (Å²) in [5.74, 6) is 1.49. The molecule has 13 aromatic rings. The van der Waals surface area contributed by atoms with Gasteiger partial charge in [0.15, 0.2) is 0 Å². The zero-order chi connectivity index (χ0) is 74.2. The van der Waals surface area contributed by atoms with Gasteiger partial charge in [-0.2, -0.15) is 0 Å². The van der Waals surface area contributed by atoms with Gasteiger partial charge < -0.3 is 24.5 Å². The molecule has 534 valence electrons. The van der Waals surface area contributed by atoms with E-state index in [1.54, 1.807) is 0 Å². The van der Waals surface area contributed by atoms with E-state index in [-0.39, 0.29) is 24.8 Å². The Kier molecular flexibility index (Phi) is 16.1. The topological polar surface area (TPSA) is 16.2 Å². The summed E-state index contributed by atoms with van der Waals surface area (Å²) in [6, 6.07) is 119. The molecule has 0 amide bonds. The maximum absolute atomic E-state index is 4.64. The van der Waals surface area contributed by atoms with Gasteiger partial charge in [0.25, 0.3) is 13.4 Å². The number of para-hydroxylation sites is 4. The molecule has 7 heteroatoms. The SMILES string of the molecule is C=C/C(=C\C(=C(/[C@H](C)C1=CC=CC1)N1c2cc3c(cc2B2c4ccccc4N(c4ccccc4)c4cc(N5C6CC7CC(C6)CC5C7)cc1c42)B1c2ccccc2N(c2c(-c4ccccc4)cc(-c4ccccc4)cc2-c2ccccc2)c2cc(C(C)(C)C)cc(c21)N3c1ccccc1)c1ccccc1)c1ccccc1. The maximum atomic E-state index is 4.64. The van der Waals surface area contributed by atoms with Crippen LogP contribution in [0.15, 0.2) is 358 Å². The third-order valence-electron chi connectivity index (χ3n) is 25.7. The van der Waals surface area contributed by atoms with E-state index in [9.17, 15) is 0 Å². The number of fused-ring (bicyclic) bond motifs is 8. The smallest absolute Gasteiger partial charge is 0.252 e. The Morgan fingerprint density at radius 2 is 0.874 bits per heavy atom. The van der Waals surface area contributed by atoms with Gasteiger partial charge in [-0.1, -0.05) is 295 Å². The second-order valence-corrected chi connectivity index (χ2v) is 33.1. The first-order valence-corrected chi connectivity index (χ1v) is 40.3. The van der Waals surface area contributed by atoms with Gasteiger partial charge in [-0.3, -0.25) is 0 Å². The van der Waals surface area contributed by atoms with Crippen LogP contribution in [0, 0.1) is 17.8 Å². The third-order valence-corrected chi connectivity index (χ3v) is 25.7. The number of allylic oxidation sites excluding steroid dienone is 8. The molecule has 4 bridgehead atoms. The Morgan fingerprint density at radius 3 is 1.41 bits per heavy atom. The minimum atomic E-state index is -0.278. The first kappa shape index (κ1) is 66.9. The molecule has 3 aliphatic carbocycles. The van der Waals surface area contributed by atoms with E-state index >= 15 is 0 Å². The van der Waals surface area contributed by atoms with Crippen molar-refractivity contribution in [3.05, 3.63) is 374 Å². The van der Waals surface area contributed by atoms with Crippen LogP contribution in [0.2, 0.25) is 0 Å². The lowest BCUT2D eigenvalue weighted by molar-refractivity contribution is 0.0900. The highest BCUT2D eigenvalue weighted by molar-refractivity contribution is 7.03. The number of piperidine rings is 2. The Morgan fingerprint density at radius 1 is 0.414 bits per heavy atom. The van der Waals surface area contributed by atoms with E-state index in [1.807, 2.05) is 0 Å². The quantitative estimate of drug-likeness (QED) is 0.0794. The lowest BCUT2D eigenvalue weighted by atomic mass is 9.30. The van der Waals surface area contributed by atoms with Crippen molar-refractivity contribution in [2.24, 2.45) is 17.8 Å². The summed E-state index contributed by atoms with van der Waals surface area (Å²) in [6.07, 6.45) is 18.9. The molecule has 4 fully saturated rings. The summed E-state index contributed by atoms with van der Waals surface area (Å²) in [6.45, 7) is 13.9. The Balaban J connectivity index is 0.909. The second-order valence-electron chi connectivity index (χ2n) is 33.1. The normalized spacial score (nSPS) is 18.5. The second kappa shape index (κ2) is 26.8. The minimum Gasteiger partial charge on any atom is -0.365 e. The number of nitrogens with zero attached hydrogens (tertiary/aromatic N) is 5. The van der Waals surface area contributed by atoms with Crippen LogP contribution < -0.4 is 57.3 Å². The summed E-state index contributed by atoms with van der Waals surface area (Å²) in [5.41, 5.74) is 37.2. The molecular weight excluding hydrogens is 1340 g/mol. The molecule has 5 nitrogen and oxygen atoms in total. The molecule has 0 radical (unpaired) electrons. The van der Waals surface area contributed by atoms with Gasteiger partial charge in [0.1, 0.15) is 0 Å². The zero-order valence-corrected chi connectivity index (χ0v) is 63.6. The van der Waals surface area contributed by atoms with Crippen molar-refractivity contribution >= 4 is 126 Å². The zero-order valence-electron chi connectivity index (χ0n) is 63.6. The third kappa shape index (κ3) is 11.0. The van der Waals surface area contributed by atoms with Gasteiger partial charge in [-0.05, 0) is 218 Å². The molecule has 22 rings (SSSR count). The summed E-state index contributed by atoms with van der Waals surface area (Å²) >= 11 is 0. The predicted octanol–water partition coefficient (Wildman–Crippen LogP) is 22.8. The fourth-order valence-electron chi connectivity index (χ4n) is 20.9. The Labute approximate surface area is 655 Å². The van der Waals surface area contributed by atoms with Crippen LogP contribution in [0.1, 0.15) is 82.9 Å². The van der Waals surface area contributed by atoms with Crippen LogP contribution >= 0.6 is 0 Å². The van der Waals surface area contributed by atoms with E-state index in [2.05, 4.69) is 399 Å². The van der Waals surface area contributed by atoms with Crippen molar-refractivity contribution < 1.29 is 0 Å². The monoisotopic (exact) mass is 1430 g/mol. The molecule has 0 N–H and O–H groups in total. The molecule has 0 aromatic heterocycles. The van der Waals surface area contributed by atoms with E-state index in [4.69, 9.17) is 0 Å². The average Bonchev–Trinajstić information content (AvgIpc) is 0.979. The Hall–Kier alpha value is -12.3. The predicted molar refractivity (Wildman–Crippen MR) is 472 cm³/mol. The molecule has 111 heavy (non-hydrogen) atoms. The van der Waals surface area contributed by atoms with Gasteiger partial charge in [0.2, 0.25) is 0 Å². The minimum absolute atomic E-state index is 0.0852. The molecule has 13 aromatic carbocycles. The number of benzene rings is 13. The highest BCUT2D eigenvalue weighted by atomic mass is 15.3. The van der Waals surface area contributed by atoms with Crippen LogP contribution in [0.25, 0.3) is 44.5 Å². The molecule has 6 aliphatic heterocycles. The van der Waals surface area contributed by atoms with Crippen LogP contribution in [-0.2, 0) is 5.41 Å². The highest BCUT2D eigenvalue weighted by Gasteiger charge is 2.52. The summed E-state index contributed by atoms with van der Waals surface area (Å²) in [7, 11) is 0. The van der Waals surface area contributed by atoms with Crippen molar-refractivity contribution in [3.63, 3.8) is 0 Å².